The quantitative estimate of drug-likeness (QED) is 0.476. The summed E-state index contributed by atoms with van der Waals surface area (Å²) in [4.78, 5) is 11.4. The molecule has 3 nitrogen and oxygen atoms in total. The molecule has 0 aliphatic carbocycles. The number of allylic oxidation sites excluding steroid dienone is 1. The number of benzene rings is 1. The van der Waals surface area contributed by atoms with Crippen molar-refractivity contribution in [1.29, 1.82) is 0 Å². The summed E-state index contributed by atoms with van der Waals surface area (Å²) in [5.74, 6) is 0.469. The lowest BCUT2D eigenvalue weighted by molar-refractivity contribution is -0.137. The fourth-order valence-corrected chi connectivity index (χ4v) is 1.82. The standard InChI is InChI=1S/C13H15BrO3/c1-3-17-13(15)8-11(9-14)10-4-6-12(16-2)7-5-10/h4-8H,3,9H2,1-2H3. The maximum atomic E-state index is 11.4. The van der Waals surface area contributed by atoms with Gasteiger partial charge >= 0.3 is 5.97 Å². The van der Waals surface area contributed by atoms with Crippen molar-refractivity contribution in [1.82, 2.24) is 0 Å². The fraction of sp³-hybridized carbons (Fsp3) is 0.308. The SMILES string of the molecule is CCOC(=O)C=C(CBr)c1ccc(OC)cc1. The highest BCUT2D eigenvalue weighted by atomic mass is 79.9. The second-order valence-corrected chi connectivity index (χ2v) is 3.84. The van der Waals surface area contributed by atoms with Gasteiger partial charge in [0.15, 0.2) is 0 Å². The van der Waals surface area contributed by atoms with Crippen LogP contribution in [0.15, 0.2) is 30.3 Å². The van der Waals surface area contributed by atoms with Gasteiger partial charge in [0, 0.05) is 11.4 Å². The molecule has 1 rings (SSSR count). The highest BCUT2D eigenvalue weighted by Crippen LogP contribution is 2.20. The lowest BCUT2D eigenvalue weighted by Crippen LogP contribution is -2.01. The first-order valence-corrected chi connectivity index (χ1v) is 6.41. The number of ether oxygens (including phenoxy) is 2. The first-order chi connectivity index (χ1) is 8.21. The Labute approximate surface area is 110 Å². The number of rotatable bonds is 5. The summed E-state index contributed by atoms with van der Waals surface area (Å²) in [6.07, 6.45) is 1.50. The minimum atomic E-state index is -0.322. The predicted octanol–water partition coefficient (Wildman–Crippen LogP) is 3.04. The Balaban J connectivity index is 2.89. The molecule has 0 radical (unpaired) electrons. The Kier molecular flexibility index (Phi) is 5.77. The van der Waals surface area contributed by atoms with Crippen LogP contribution in [0.25, 0.3) is 5.57 Å². The van der Waals surface area contributed by atoms with Gasteiger partial charge in [-0.15, -0.1) is 0 Å². The van der Waals surface area contributed by atoms with Gasteiger partial charge in [0.05, 0.1) is 13.7 Å². The van der Waals surface area contributed by atoms with Gasteiger partial charge in [-0.25, -0.2) is 4.79 Å². The van der Waals surface area contributed by atoms with Crippen LogP contribution in [0, 0.1) is 0 Å². The zero-order valence-corrected chi connectivity index (χ0v) is 11.5. The molecule has 0 aromatic heterocycles. The van der Waals surface area contributed by atoms with E-state index in [2.05, 4.69) is 15.9 Å². The maximum Gasteiger partial charge on any atom is 0.331 e. The van der Waals surface area contributed by atoms with Gasteiger partial charge in [-0.3, -0.25) is 0 Å². The number of alkyl halides is 1. The average Bonchev–Trinajstić information content (AvgIpc) is 2.36. The molecule has 0 bridgehead atoms. The van der Waals surface area contributed by atoms with Crippen LogP contribution in [0.1, 0.15) is 12.5 Å². The molecule has 17 heavy (non-hydrogen) atoms. The second-order valence-electron chi connectivity index (χ2n) is 3.28. The van der Waals surface area contributed by atoms with Crippen molar-refractivity contribution < 1.29 is 14.3 Å². The molecule has 0 amide bonds. The molecule has 0 heterocycles. The molecule has 92 valence electrons. The summed E-state index contributed by atoms with van der Waals surface area (Å²) in [6.45, 7) is 2.17. The number of halogens is 1. The Morgan fingerprint density at radius 1 is 1.35 bits per heavy atom. The monoisotopic (exact) mass is 298 g/mol. The summed E-state index contributed by atoms with van der Waals surface area (Å²) in [7, 11) is 1.62. The van der Waals surface area contributed by atoms with Crippen LogP contribution in [0.5, 0.6) is 5.75 Å². The van der Waals surface area contributed by atoms with E-state index in [4.69, 9.17) is 9.47 Å². The minimum absolute atomic E-state index is 0.322. The molecular formula is C13H15BrO3. The van der Waals surface area contributed by atoms with Crippen molar-refractivity contribution in [3.05, 3.63) is 35.9 Å². The number of hydrogen-bond acceptors (Lipinski definition) is 3. The van der Waals surface area contributed by atoms with Gasteiger partial charge in [-0.05, 0) is 30.2 Å². The van der Waals surface area contributed by atoms with Gasteiger partial charge < -0.3 is 9.47 Å². The third kappa shape index (κ3) is 4.23. The zero-order valence-electron chi connectivity index (χ0n) is 9.90. The predicted molar refractivity (Wildman–Crippen MR) is 71.4 cm³/mol. The summed E-state index contributed by atoms with van der Waals surface area (Å²) in [5, 5.41) is 0.595. The number of methoxy groups -OCH3 is 1. The van der Waals surface area contributed by atoms with Crippen LogP contribution in [-0.2, 0) is 9.53 Å². The van der Waals surface area contributed by atoms with Crippen LogP contribution in [0.3, 0.4) is 0 Å². The Hall–Kier alpha value is -1.29. The molecule has 0 saturated heterocycles. The molecule has 1 aromatic rings. The third-order valence-corrected chi connectivity index (χ3v) is 2.79. The molecule has 4 heteroatoms. The Bertz CT molecular complexity index is 396. The van der Waals surface area contributed by atoms with Gasteiger partial charge in [-0.2, -0.15) is 0 Å². The summed E-state index contributed by atoms with van der Waals surface area (Å²) in [6, 6.07) is 7.53. The van der Waals surface area contributed by atoms with Gasteiger partial charge in [0.25, 0.3) is 0 Å². The van der Waals surface area contributed by atoms with Crippen molar-refractivity contribution in [2.24, 2.45) is 0 Å². The van der Waals surface area contributed by atoms with Crippen molar-refractivity contribution in [3.63, 3.8) is 0 Å². The van der Waals surface area contributed by atoms with E-state index in [9.17, 15) is 4.79 Å². The van der Waals surface area contributed by atoms with E-state index in [1.807, 2.05) is 24.3 Å². The van der Waals surface area contributed by atoms with E-state index in [0.717, 1.165) is 16.9 Å². The number of hydrogen-bond donors (Lipinski definition) is 0. The summed E-state index contributed by atoms with van der Waals surface area (Å²) >= 11 is 3.36. The molecule has 0 aliphatic heterocycles. The fourth-order valence-electron chi connectivity index (χ4n) is 1.33. The number of carbonyl (C=O) groups is 1. The Morgan fingerprint density at radius 3 is 2.47 bits per heavy atom. The molecule has 0 fully saturated rings. The van der Waals surface area contributed by atoms with Crippen molar-refractivity contribution in [2.75, 3.05) is 19.0 Å². The summed E-state index contributed by atoms with van der Waals surface area (Å²) in [5.41, 5.74) is 1.85. The van der Waals surface area contributed by atoms with E-state index >= 15 is 0 Å². The van der Waals surface area contributed by atoms with Crippen LogP contribution < -0.4 is 4.74 Å². The topological polar surface area (TPSA) is 35.5 Å². The zero-order chi connectivity index (χ0) is 12.7. The molecule has 0 spiro atoms. The van der Waals surface area contributed by atoms with Crippen LogP contribution in [0.2, 0.25) is 0 Å². The average molecular weight is 299 g/mol. The number of carbonyl (C=O) groups excluding carboxylic acids is 1. The van der Waals surface area contributed by atoms with Gasteiger partial charge in [-0.1, -0.05) is 28.1 Å². The number of esters is 1. The first kappa shape index (κ1) is 13.8. The van der Waals surface area contributed by atoms with Gasteiger partial charge in [0.2, 0.25) is 0 Å². The molecule has 0 aliphatic rings. The van der Waals surface area contributed by atoms with E-state index < -0.39 is 0 Å². The highest BCUT2D eigenvalue weighted by molar-refractivity contribution is 9.09. The van der Waals surface area contributed by atoms with Crippen molar-refractivity contribution in [3.8, 4) is 5.75 Å². The smallest absolute Gasteiger partial charge is 0.331 e. The Morgan fingerprint density at radius 2 is 2.00 bits per heavy atom. The first-order valence-electron chi connectivity index (χ1n) is 5.29. The molecule has 0 saturated carbocycles. The van der Waals surface area contributed by atoms with Crippen LogP contribution >= 0.6 is 15.9 Å². The van der Waals surface area contributed by atoms with E-state index in [0.29, 0.717) is 11.9 Å². The molecule has 0 unspecified atom stereocenters. The van der Waals surface area contributed by atoms with E-state index in [-0.39, 0.29) is 5.97 Å². The second kappa shape index (κ2) is 7.12. The van der Waals surface area contributed by atoms with Crippen LogP contribution in [-0.4, -0.2) is 25.0 Å². The third-order valence-electron chi connectivity index (χ3n) is 2.18. The largest absolute Gasteiger partial charge is 0.497 e. The molecule has 0 atom stereocenters. The summed E-state index contributed by atoms with van der Waals surface area (Å²) < 4.78 is 9.96. The van der Waals surface area contributed by atoms with Crippen LogP contribution in [0.4, 0.5) is 0 Å². The van der Waals surface area contributed by atoms with E-state index in [1.165, 1.54) is 6.08 Å². The molecule has 1 aromatic carbocycles. The lowest BCUT2D eigenvalue weighted by Gasteiger charge is -2.06. The lowest BCUT2D eigenvalue weighted by atomic mass is 10.1. The van der Waals surface area contributed by atoms with Crippen molar-refractivity contribution >= 4 is 27.5 Å². The maximum absolute atomic E-state index is 11.4. The van der Waals surface area contributed by atoms with Gasteiger partial charge in [0.1, 0.15) is 5.75 Å². The normalized spacial score (nSPS) is 11.1. The highest BCUT2D eigenvalue weighted by Gasteiger charge is 2.04. The minimum Gasteiger partial charge on any atom is -0.497 e. The molecule has 0 N–H and O–H groups in total. The van der Waals surface area contributed by atoms with Crippen molar-refractivity contribution in [2.45, 2.75) is 6.92 Å². The molecular weight excluding hydrogens is 284 g/mol. The van der Waals surface area contributed by atoms with E-state index in [1.54, 1.807) is 14.0 Å².